The summed E-state index contributed by atoms with van der Waals surface area (Å²) < 4.78 is 6.55. The topological polar surface area (TPSA) is 131 Å². The largest absolute Gasteiger partial charge is 0.495 e. The molecule has 1 aliphatic heterocycles. The van der Waals surface area contributed by atoms with Gasteiger partial charge in [-0.15, -0.1) is 0 Å². The summed E-state index contributed by atoms with van der Waals surface area (Å²) in [5.74, 6) is -0.305. The third-order valence-corrected chi connectivity index (χ3v) is 6.52. The van der Waals surface area contributed by atoms with Crippen molar-refractivity contribution in [2.24, 2.45) is 7.05 Å². The zero-order chi connectivity index (χ0) is 27.5. The molecule has 0 bridgehead atoms. The van der Waals surface area contributed by atoms with E-state index < -0.39 is 17.9 Å². The van der Waals surface area contributed by atoms with Gasteiger partial charge in [-0.25, -0.2) is 4.98 Å². The van der Waals surface area contributed by atoms with Crippen LogP contribution in [-0.4, -0.2) is 55.5 Å². The number of pyridine rings is 2. The molecule has 2 N–H and O–H groups in total. The Morgan fingerprint density at radius 3 is 2.69 bits per heavy atom. The summed E-state index contributed by atoms with van der Waals surface area (Å²) in [6.45, 7) is 0.0570. The average molecular weight is 546 g/mol. The highest BCUT2D eigenvalue weighted by atomic mass is 35.5. The second kappa shape index (κ2) is 10.9. The summed E-state index contributed by atoms with van der Waals surface area (Å²) in [6.07, 6.45) is 4.92. The van der Waals surface area contributed by atoms with Crippen LogP contribution >= 0.6 is 11.6 Å². The van der Waals surface area contributed by atoms with Crippen molar-refractivity contribution in [3.05, 3.63) is 94.7 Å². The fraction of sp³-hybridized carbons (Fsp3) is 0.185. The molecular formula is C27H24ClN7O4. The number of ether oxygens (including phenoxy) is 1. The van der Waals surface area contributed by atoms with Gasteiger partial charge < -0.3 is 20.3 Å². The summed E-state index contributed by atoms with van der Waals surface area (Å²) in [5.41, 5.74) is 2.01. The van der Waals surface area contributed by atoms with E-state index in [4.69, 9.17) is 16.3 Å². The summed E-state index contributed by atoms with van der Waals surface area (Å²) >= 11 is 6.49. The first kappa shape index (κ1) is 25.9. The van der Waals surface area contributed by atoms with Crippen molar-refractivity contribution < 1.29 is 19.1 Å². The molecule has 39 heavy (non-hydrogen) atoms. The maximum Gasteiger partial charge on any atom is 0.277 e. The van der Waals surface area contributed by atoms with Crippen LogP contribution in [0.25, 0.3) is 0 Å². The van der Waals surface area contributed by atoms with Gasteiger partial charge >= 0.3 is 0 Å². The lowest BCUT2D eigenvalue weighted by Gasteiger charge is -2.28. The summed E-state index contributed by atoms with van der Waals surface area (Å²) in [6, 6.07) is 12.7. The molecule has 1 aliphatic rings. The fourth-order valence-electron chi connectivity index (χ4n) is 4.27. The van der Waals surface area contributed by atoms with Crippen LogP contribution in [-0.2, 0) is 24.8 Å². The van der Waals surface area contributed by atoms with E-state index >= 15 is 0 Å². The van der Waals surface area contributed by atoms with Crippen LogP contribution in [0.3, 0.4) is 0 Å². The molecule has 0 fully saturated rings. The van der Waals surface area contributed by atoms with E-state index in [2.05, 4.69) is 25.7 Å². The maximum atomic E-state index is 13.6. The Morgan fingerprint density at radius 1 is 1.15 bits per heavy atom. The number of anilines is 2. The number of rotatable bonds is 7. The molecule has 1 aromatic carbocycles. The second-order valence-electron chi connectivity index (χ2n) is 8.88. The van der Waals surface area contributed by atoms with Crippen molar-refractivity contribution in [3.8, 4) is 5.75 Å². The van der Waals surface area contributed by atoms with E-state index in [1.165, 1.54) is 22.9 Å². The number of fused-ring (bicyclic) bond motifs is 1. The Balaban J connectivity index is 1.41. The van der Waals surface area contributed by atoms with Crippen molar-refractivity contribution in [2.75, 3.05) is 17.7 Å². The molecule has 0 saturated carbocycles. The number of halogens is 1. The normalized spacial score (nSPS) is 14.8. The molecular weight excluding hydrogens is 522 g/mol. The fourth-order valence-corrected chi connectivity index (χ4v) is 4.56. The van der Waals surface area contributed by atoms with Gasteiger partial charge in [0.15, 0.2) is 5.69 Å². The number of carbonyl (C=O) groups is 3. The quantitative estimate of drug-likeness (QED) is 0.364. The highest BCUT2D eigenvalue weighted by Crippen LogP contribution is 2.27. The van der Waals surface area contributed by atoms with Crippen molar-refractivity contribution in [3.63, 3.8) is 0 Å². The van der Waals surface area contributed by atoms with E-state index in [0.29, 0.717) is 28.5 Å². The van der Waals surface area contributed by atoms with E-state index in [0.717, 1.165) is 0 Å². The third-order valence-electron chi connectivity index (χ3n) is 6.20. The van der Waals surface area contributed by atoms with Gasteiger partial charge in [-0.05, 0) is 42.0 Å². The van der Waals surface area contributed by atoms with Gasteiger partial charge in [-0.3, -0.25) is 24.0 Å². The number of benzene rings is 1. The van der Waals surface area contributed by atoms with Crippen molar-refractivity contribution >= 4 is 40.8 Å². The molecule has 11 nitrogen and oxygen atoms in total. The second-order valence-corrected chi connectivity index (χ2v) is 9.29. The minimum absolute atomic E-state index is 0.0570. The number of aromatic nitrogens is 4. The van der Waals surface area contributed by atoms with Crippen LogP contribution in [0.5, 0.6) is 5.75 Å². The number of nitrogens with one attached hydrogen (secondary N) is 2. The van der Waals surface area contributed by atoms with Gasteiger partial charge in [0.05, 0.1) is 29.6 Å². The predicted molar refractivity (Wildman–Crippen MR) is 144 cm³/mol. The minimum Gasteiger partial charge on any atom is -0.495 e. The van der Waals surface area contributed by atoms with Crippen LogP contribution in [0, 0.1) is 0 Å². The molecule has 0 aliphatic carbocycles. The molecule has 0 radical (unpaired) electrons. The molecule has 3 aromatic heterocycles. The molecule has 0 spiro atoms. The molecule has 3 amide bonds. The smallest absolute Gasteiger partial charge is 0.277 e. The number of amides is 3. The molecule has 4 aromatic rings. The Bertz CT molecular complexity index is 1540. The Hall–Kier alpha value is -4.77. The standard InChI is InChI=1S/C27H24ClN7O4/c1-34-15-21-24(33-34)27(38)35(22(26(37)31-21)12-17-5-3-4-10-29-17)14-16-6-8-19(20(28)11-16)25(36)32-23-9-7-18(39-2)13-30-23/h3-11,13,15,22H,12,14H2,1-2H3,(H,31,37)(H,30,32,36). The van der Waals surface area contributed by atoms with E-state index in [9.17, 15) is 14.4 Å². The van der Waals surface area contributed by atoms with E-state index in [1.807, 2.05) is 6.07 Å². The average Bonchev–Trinajstić information content (AvgIpc) is 3.27. The van der Waals surface area contributed by atoms with Gasteiger partial charge in [-0.1, -0.05) is 23.7 Å². The molecule has 0 saturated heterocycles. The first-order valence-electron chi connectivity index (χ1n) is 12.0. The molecule has 198 valence electrons. The third kappa shape index (κ3) is 5.58. The number of hydrogen-bond donors (Lipinski definition) is 2. The Labute approximate surface area is 228 Å². The van der Waals surface area contributed by atoms with Gasteiger partial charge in [0, 0.05) is 38.1 Å². The zero-order valence-corrected chi connectivity index (χ0v) is 21.8. The molecule has 1 atom stereocenters. The van der Waals surface area contributed by atoms with Crippen LogP contribution in [0.1, 0.15) is 32.1 Å². The Morgan fingerprint density at radius 2 is 2.00 bits per heavy atom. The number of methoxy groups -OCH3 is 1. The summed E-state index contributed by atoms with van der Waals surface area (Å²) in [7, 11) is 3.20. The lowest BCUT2D eigenvalue weighted by atomic mass is 10.1. The van der Waals surface area contributed by atoms with E-state index in [1.54, 1.807) is 61.9 Å². The SMILES string of the molecule is COc1ccc(NC(=O)c2ccc(CN3C(=O)c4nn(C)cc4NC(=O)C3Cc3ccccn3)cc2Cl)nc1. The van der Waals surface area contributed by atoms with Crippen molar-refractivity contribution in [1.29, 1.82) is 0 Å². The monoisotopic (exact) mass is 545 g/mol. The number of carbonyl (C=O) groups excluding carboxylic acids is 3. The maximum absolute atomic E-state index is 13.6. The first-order chi connectivity index (χ1) is 18.8. The lowest BCUT2D eigenvalue weighted by molar-refractivity contribution is -0.120. The summed E-state index contributed by atoms with van der Waals surface area (Å²) in [4.78, 5) is 49.7. The van der Waals surface area contributed by atoms with Gasteiger partial charge in [0.1, 0.15) is 17.6 Å². The molecule has 12 heteroatoms. The number of aryl methyl sites for hydroxylation is 1. The van der Waals surface area contributed by atoms with Gasteiger partial charge in [0.25, 0.3) is 11.8 Å². The number of hydrogen-bond acceptors (Lipinski definition) is 7. The van der Waals surface area contributed by atoms with Crippen molar-refractivity contribution in [2.45, 2.75) is 19.0 Å². The predicted octanol–water partition coefficient (Wildman–Crippen LogP) is 3.33. The van der Waals surface area contributed by atoms with Crippen molar-refractivity contribution in [1.82, 2.24) is 24.6 Å². The zero-order valence-electron chi connectivity index (χ0n) is 21.1. The van der Waals surface area contributed by atoms with Gasteiger partial charge in [0.2, 0.25) is 5.91 Å². The van der Waals surface area contributed by atoms with E-state index in [-0.39, 0.29) is 35.2 Å². The van der Waals surface area contributed by atoms with Crippen LogP contribution < -0.4 is 15.4 Å². The summed E-state index contributed by atoms with van der Waals surface area (Å²) in [5, 5.41) is 9.97. The van der Waals surface area contributed by atoms with Gasteiger partial charge in [-0.2, -0.15) is 5.10 Å². The van der Waals surface area contributed by atoms with Crippen LogP contribution in [0.15, 0.2) is 67.1 Å². The Kier molecular flexibility index (Phi) is 7.24. The lowest BCUT2D eigenvalue weighted by Crippen LogP contribution is -2.46. The van der Waals surface area contributed by atoms with Crippen LogP contribution in [0.2, 0.25) is 5.02 Å². The highest BCUT2D eigenvalue weighted by Gasteiger charge is 2.37. The minimum atomic E-state index is -0.852. The highest BCUT2D eigenvalue weighted by molar-refractivity contribution is 6.34. The molecule has 1 unspecified atom stereocenters. The first-order valence-corrected chi connectivity index (χ1v) is 12.4. The van der Waals surface area contributed by atoms with Crippen LogP contribution in [0.4, 0.5) is 11.5 Å². The molecule has 4 heterocycles. The number of nitrogens with zero attached hydrogens (tertiary/aromatic N) is 5. The molecule has 5 rings (SSSR count).